The molecule has 2 rings (SSSR count). The fraction of sp³-hybridized carbons (Fsp3) is 0. The number of aliphatic carboxylic acids is 1. The first kappa shape index (κ1) is 12.0. The Hall–Kier alpha value is -2.42. The average Bonchev–Trinajstić information content (AvgIpc) is 2.38. The lowest BCUT2D eigenvalue weighted by atomic mass is 10.0. The molecule has 0 fully saturated rings. The minimum Gasteiger partial charge on any atom is -0.478 e. The van der Waals surface area contributed by atoms with E-state index in [0.29, 0.717) is 11.1 Å². The molecule has 0 saturated carbocycles. The minimum absolute atomic E-state index is 0.183. The summed E-state index contributed by atoms with van der Waals surface area (Å²) in [6.45, 7) is 0. The second-order valence-corrected chi connectivity index (χ2v) is 3.78. The number of hydrogen-bond donors (Lipinski definition) is 1. The highest BCUT2D eigenvalue weighted by atomic mass is 19.1. The number of carboxylic acid groups (broad SMARTS) is 1. The molecular formula is C15H11FO2. The number of rotatable bonds is 3. The standard InChI is InChI=1S/C15H11FO2/c16-13-8-6-11(7-9-13)10-14(15(17)18)12-4-2-1-3-5-12/h1-10H,(H,17,18)/b14-10-. The zero-order valence-electron chi connectivity index (χ0n) is 9.51. The maximum Gasteiger partial charge on any atom is 0.336 e. The van der Waals surface area contributed by atoms with Gasteiger partial charge in [-0.25, -0.2) is 9.18 Å². The van der Waals surface area contributed by atoms with E-state index >= 15 is 0 Å². The van der Waals surface area contributed by atoms with E-state index in [1.54, 1.807) is 36.4 Å². The molecule has 2 aromatic rings. The largest absolute Gasteiger partial charge is 0.478 e. The molecule has 0 saturated heterocycles. The maximum absolute atomic E-state index is 12.8. The van der Waals surface area contributed by atoms with Gasteiger partial charge in [0.05, 0.1) is 5.57 Å². The Labute approximate surface area is 104 Å². The molecule has 0 amide bonds. The maximum atomic E-state index is 12.8. The molecule has 0 aliphatic carbocycles. The van der Waals surface area contributed by atoms with Gasteiger partial charge in [-0.1, -0.05) is 42.5 Å². The van der Waals surface area contributed by atoms with Crippen LogP contribution in [0.25, 0.3) is 11.6 Å². The summed E-state index contributed by atoms with van der Waals surface area (Å²) in [6.07, 6.45) is 1.52. The Morgan fingerprint density at radius 3 is 2.17 bits per heavy atom. The third-order valence-electron chi connectivity index (χ3n) is 2.50. The van der Waals surface area contributed by atoms with Crippen molar-refractivity contribution in [3.8, 4) is 0 Å². The van der Waals surface area contributed by atoms with E-state index in [4.69, 9.17) is 0 Å². The summed E-state index contributed by atoms with van der Waals surface area (Å²) in [4.78, 5) is 11.2. The van der Waals surface area contributed by atoms with Crippen molar-refractivity contribution in [2.75, 3.05) is 0 Å². The minimum atomic E-state index is -1.01. The van der Waals surface area contributed by atoms with Gasteiger partial charge in [0.25, 0.3) is 0 Å². The highest BCUT2D eigenvalue weighted by Crippen LogP contribution is 2.18. The van der Waals surface area contributed by atoms with Crippen LogP contribution >= 0.6 is 0 Å². The van der Waals surface area contributed by atoms with Crippen molar-refractivity contribution in [1.82, 2.24) is 0 Å². The van der Waals surface area contributed by atoms with Crippen LogP contribution in [0.1, 0.15) is 11.1 Å². The highest BCUT2D eigenvalue weighted by Gasteiger charge is 2.09. The topological polar surface area (TPSA) is 37.3 Å². The molecule has 2 nitrogen and oxygen atoms in total. The van der Waals surface area contributed by atoms with Crippen LogP contribution in [0.4, 0.5) is 4.39 Å². The lowest BCUT2D eigenvalue weighted by Crippen LogP contribution is -1.99. The first-order chi connectivity index (χ1) is 8.66. The van der Waals surface area contributed by atoms with Gasteiger partial charge in [0.1, 0.15) is 5.82 Å². The molecular weight excluding hydrogens is 231 g/mol. The first-order valence-corrected chi connectivity index (χ1v) is 5.43. The van der Waals surface area contributed by atoms with E-state index in [1.807, 2.05) is 6.07 Å². The van der Waals surface area contributed by atoms with Crippen LogP contribution in [-0.2, 0) is 4.79 Å². The van der Waals surface area contributed by atoms with Crippen molar-refractivity contribution in [2.45, 2.75) is 0 Å². The first-order valence-electron chi connectivity index (χ1n) is 5.43. The quantitative estimate of drug-likeness (QED) is 0.661. The Kier molecular flexibility index (Phi) is 3.53. The van der Waals surface area contributed by atoms with Gasteiger partial charge in [0.15, 0.2) is 0 Å². The summed E-state index contributed by atoms with van der Waals surface area (Å²) in [6, 6.07) is 14.5. The zero-order valence-corrected chi connectivity index (χ0v) is 9.51. The highest BCUT2D eigenvalue weighted by molar-refractivity contribution is 6.20. The van der Waals surface area contributed by atoms with Crippen LogP contribution in [-0.4, -0.2) is 11.1 Å². The van der Waals surface area contributed by atoms with Crippen LogP contribution in [0.2, 0.25) is 0 Å². The molecule has 18 heavy (non-hydrogen) atoms. The lowest BCUT2D eigenvalue weighted by Gasteiger charge is -2.02. The number of hydrogen-bond acceptors (Lipinski definition) is 1. The van der Waals surface area contributed by atoms with Gasteiger partial charge in [-0.3, -0.25) is 0 Å². The molecule has 0 bridgehead atoms. The van der Waals surface area contributed by atoms with Crippen molar-refractivity contribution in [1.29, 1.82) is 0 Å². The van der Waals surface area contributed by atoms with E-state index < -0.39 is 5.97 Å². The van der Waals surface area contributed by atoms with Crippen LogP contribution in [0.5, 0.6) is 0 Å². The summed E-state index contributed by atoms with van der Waals surface area (Å²) in [5.41, 5.74) is 1.45. The molecule has 3 heteroatoms. The Morgan fingerprint density at radius 1 is 1.00 bits per heavy atom. The number of carboxylic acids is 1. The fourth-order valence-corrected chi connectivity index (χ4v) is 1.61. The van der Waals surface area contributed by atoms with Gasteiger partial charge in [-0.05, 0) is 29.3 Å². The second-order valence-electron chi connectivity index (χ2n) is 3.78. The predicted octanol–water partition coefficient (Wildman–Crippen LogP) is 3.45. The van der Waals surface area contributed by atoms with Crippen LogP contribution in [0.15, 0.2) is 54.6 Å². The summed E-state index contributed by atoms with van der Waals surface area (Å²) in [7, 11) is 0. The summed E-state index contributed by atoms with van der Waals surface area (Å²) in [5.74, 6) is -1.35. The summed E-state index contributed by atoms with van der Waals surface area (Å²) in [5, 5.41) is 9.20. The molecule has 0 atom stereocenters. The molecule has 0 aliphatic rings. The monoisotopic (exact) mass is 242 g/mol. The van der Waals surface area contributed by atoms with Gasteiger partial charge in [-0.2, -0.15) is 0 Å². The Bertz CT molecular complexity index is 571. The van der Waals surface area contributed by atoms with Gasteiger partial charge in [-0.15, -0.1) is 0 Å². The number of carbonyl (C=O) groups is 1. The fourth-order valence-electron chi connectivity index (χ4n) is 1.61. The molecule has 0 unspecified atom stereocenters. The van der Waals surface area contributed by atoms with Crippen molar-refractivity contribution in [2.24, 2.45) is 0 Å². The zero-order chi connectivity index (χ0) is 13.0. The summed E-state index contributed by atoms with van der Waals surface area (Å²) >= 11 is 0. The van der Waals surface area contributed by atoms with Crippen LogP contribution in [0, 0.1) is 5.82 Å². The normalized spacial score (nSPS) is 11.3. The van der Waals surface area contributed by atoms with E-state index in [1.165, 1.54) is 18.2 Å². The second kappa shape index (κ2) is 5.27. The van der Waals surface area contributed by atoms with Gasteiger partial charge < -0.3 is 5.11 Å². The molecule has 2 aromatic carbocycles. The Balaban J connectivity index is 2.43. The van der Waals surface area contributed by atoms with Gasteiger partial charge in [0, 0.05) is 0 Å². The molecule has 0 heterocycles. The summed E-state index contributed by atoms with van der Waals surface area (Å²) < 4.78 is 12.8. The van der Waals surface area contributed by atoms with E-state index in [2.05, 4.69) is 0 Å². The van der Waals surface area contributed by atoms with Gasteiger partial charge in [0.2, 0.25) is 0 Å². The lowest BCUT2D eigenvalue weighted by molar-refractivity contribution is -0.130. The van der Waals surface area contributed by atoms with Crippen LogP contribution in [0.3, 0.4) is 0 Å². The van der Waals surface area contributed by atoms with Crippen molar-refractivity contribution < 1.29 is 14.3 Å². The van der Waals surface area contributed by atoms with Crippen molar-refractivity contribution in [3.05, 3.63) is 71.5 Å². The smallest absolute Gasteiger partial charge is 0.336 e. The molecule has 0 aliphatic heterocycles. The van der Waals surface area contributed by atoms with E-state index in [9.17, 15) is 14.3 Å². The molecule has 0 aromatic heterocycles. The number of halogens is 1. The molecule has 1 N–H and O–H groups in total. The average molecular weight is 242 g/mol. The molecule has 0 radical (unpaired) electrons. The van der Waals surface area contributed by atoms with Crippen LogP contribution < -0.4 is 0 Å². The third kappa shape index (κ3) is 2.83. The van der Waals surface area contributed by atoms with Gasteiger partial charge >= 0.3 is 5.97 Å². The SMILES string of the molecule is O=C(O)/C(=C\c1ccc(F)cc1)c1ccccc1. The third-order valence-corrected chi connectivity index (χ3v) is 2.50. The molecule has 90 valence electrons. The van der Waals surface area contributed by atoms with E-state index in [-0.39, 0.29) is 11.4 Å². The molecule has 0 spiro atoms. The van der Waals surface area contributed by atoms with Crippen molar-refractivity contribution >= 4 is 17.6 Å². The Morgan fingerprint density at radius 2 is 1.61 bits per heavy atom. The van der Waals surface area contributed by atoms with Crippen molar-refractivity contribution in [3.63, 3.8) is 0 Å². The van der Waals surface area contributed by atoms with E-state index in [0.717, 1.165) is 0 Å². The number of benzene rings is 2. The predicted molar refractivity (Wildman–Crippen MR) is 68.3 cm³/mol.